The van der Waals surface area contributed by atoms with Crippen LogP contribution in [0.15, 0.2) is 12.1 Å². The molecule has 1 heterocycles. The van der Waals surface area contributed by atoms with Crippen LogP contribution in [0.25, 0.3) is 0 Å². The molecular formula is C16H26N4O. The number of benzene rings is 1. The van der Waals surface area contributed by atoms with Gasteiger partial charge in [-0.15, -0.1) is 0 Å². The van der Waals surface area contributed by atoms with Gasteiger partial charge in [0.05, 0.1) is 11.4 Å². The summed E-state index contributed by atoms with van der Waals surface area (Å²) in [5.41, 5.74) is 9.72. The highest BCUT2D eigenvalue weighted by Crippen LogP contribution is 2.30. The third kappa shape index (κ3) is 3.88. The molecule has 0 aliphatic carbocycles. The van der Waals surface area contributed by atoms with Crippen LogP contribution in [0.2, 0.25) is 0 Å². The molecule has 1 aliphatic heterocycles. The number of rotatable bonds is 6. The summed E-state index contributed by atoms with van der Waals surface area (Å²) in [7, 11) is 2.14. The van der Waals surface area contributed by atoms with Crippen molar-refractivity contribution in [3.8, 4) is 0 Å². The molecule has 5 heteroatoms. The predicted octanol–water partition coefficient (Wildman–Crippen LogP) is 2.30. The average molecular weight is 290 g/mol. The van der Waals surface area contributed by atoms with Gasteiger partial charge in [0.25, 0.3) is 0 Å². The summed E-state index contributed by atoms with van der Waals surface area (Å²) < 4.78 is 0. The highest BCUT2D eigenvalue weighted by Gasteiger charge is 2.16. The molecule has 116 valence electrons. The van der Waals surface area contributed by atoms with Gasteiger partial charge in [0.15, 0.2) is 0 Å². The van der Waals surface area contributed by atoms with Crippen molar-refractivity contribution in [3.63, 3.8) is 0 Å². The maximum absolute atomic E-state index is 11.4. The molecule has 1 amide bonds. The molecule has 0 saturated heterocycles. The van der Waals surface area contributed by atoms with Crippen molar-refractivity contribution in [2.24, 2.45) is 0 Å². The van der Waals surface area contributed by atoms with E-state index in [0.29, 0.717) is 18.2 Å². The number of amides is 1. The summed E-state index contributed by atoms with van der Waals surface area (Å²) in [6, 6.07) is 4.50. The fraction of sp³-hybridized carbons (Fsp3) is 0.562. The first-order chi connectivity index (χ1) is 10.0. The second-order valence-corrected chi connectivity index (χ2v) is 5.81. The number of nitrogens with two attached hydrogens (primary N) is 1. The Labute approximate surface area is 126 Å². The van der Waals surface area contributed by atoms with E-state index in [-0.39, 0.29) is 5.91 Å². The highest BCUT2D eigenvalue weighted by atomic mass is 16.1. The molecular weight excluding hydrogens is 264 g/mol. The van der Waals surface area contributed by atoms with Gasteiger partial charge in [0.1, 0.15) is 0 Å². The Kier molecular flexibility index (Phi) is 5.07. The summed E-state index contributed by atoms with van der Waals surface area (Å²) in [6.45, 7) is 6.26. The summed E-state index contributed by atoms with van der Waals surface area (Å²) in [5, 5.41) is 6.27. The molecule has 2 rings (SSSR count). The van der Waals surface area contributed by atoms with E-state index in [1.54, 1.807) is 0 Å². The lowest BCUT2D eigenvalue weighted by Crippen LogP contribution is -2.32. The van der Waals surface area contributed by atoms with Gasteiger partial charge < -0.3 is 21.3 Å². The van der Waals surface area contributed by atoms with E-state index in [1.165, 1.54) is 0 Å². The second-order valence-electron chi connectivity index (χ2n) is 5.81. The summed E-state index contributed by atoms with van der Waals surface area (Å²) in [5.74, 6) is 0.0674. The molecule has 0 bridgehead atoms. The van der Waals surface area contributed by atoms with Gasteiger partial charge in [0.2, 0.25) is 5.91 Å². The second kappa shape index (κ2) is 6.80. The minimum atomic E-state index is 0.0674. The van der Waals surface area contributed by atoms with Crippen LogP contribution < -0.4 is 16.4 Å². The normalized spacial score (nSPS) is 15.5. The number of nitrogens with one attached hydrogen (secondary N) is 2. The van der Waals surface area contributed by atoms with Crippen LogP contribution in [0, 0.1) is 0 Å². The predicted molar refractivity (Wildman–Crippen MR) is 88.7 cm³/mol. The Morgan fingerprint density at radius 2 is 2.19 bits per heavy atom. The van der Waals surface area contributed by atoms with E-state index in [1.807, 2.05) is 6.07 Å². The first-order valence-corrected chi connectivity index (χ1v) is 7.67. The zero-order valence-electron chi connectivity index (χ0n) is 13.2. The molecule has 0 fully saturated rings. The number of nitrogen functional groups attached to an aromatic ring is 1. The standard InChI is InChI=1S/C16H26N4O/c1-4-11(2)20(3)8-7-18-15-9-12-5-6-16(21)19-14(12)10-13(15)17/h9-11,18H,4-8,17H2,1-3H3,(H,19,21). The van der Waals surface area contributed by atoms with Gasteiger partial charge in [0, 0.05) is 31.2 Å². The van der Waals surface area contributed by atoms with Gasteiger partial charge in [-0.1, -0.05) is 6.92 Å². The van der Waals surface area contributed by atoms with Gasteiger partial charge in [-0.2, -0.15) is 0 Å². The van der Waals surface area contributed by atoms with Crippen molar-refractivity contribution in [1.82, 2.24) is 4.90 Å². The molecule has 1 aliphatic rings. The third-order valence-electron chi connectivity index (χ3n) is 4.29. The van der Waals surface area contributed by atoms with Crippen molar-refractivity contribution in [1.29, 1.82) is 0 Å². The molecule has 0 saturated carbocycles. The number of hydrogen-bond donors (Lipinski definition) is 3. The lowest BCUT2D eigenvalue weighted by Gasteiger charge is -2.24. The zero-order valence-corrected chi connectivity index (χ0v) is 13.2. The molecule has 4 N–H and O–H groups in total. The number of fused-ring (bicyclic) bond motifs is 1. The summed E-state index contributed by atoms with van der Waals surface area (Å²) in [6.07, 6.45) is 2.48. The number of nitrogens with zero attached hydrogens (tertiary/aromatic N) is 1. The van der Waals surface area contributed by atoms with Crippen LogP contribution in [-0.4, -0.2) is 37.0 Å². The molecule has 21 heavy (non-hydrogen) atoms. The SMILES string of the molecule is CCC(C)N(C)CCNc1cc2c(cc1N)NC(=O)CC2. The molecule has 0 radical (unpaired) electrons. The Balaban J connectivity index is 1.96. The number of carbonyl (C=O) groups is 1. The van der Waals surface area contributed by atoms with Crippen molar-refractivity contribution >= 4 is 23.0 Å². The first kappa shape index (κ1) is 15.6. The molecule has 1 aromatic rings. The molecule has 1 atom stereocenters. The topological polar surface area (TPSA) is 70.4 Å². The van der Waals surface area contributed by atoms with Crippen LogP contribution in [0.3, 0.4) is 0 Å². The van der Waals surface area contributed by atoms with Crippen molar-refractivity contribution in [3.05, 3.63) is 17.7 Å². The van der Waals surface area contributed by atoms with Crippen molar-refractivity contribution < 1.29 is 4.79 Å². The Morgan fingerprint density at radius 3 is 2.90 bits per heavy atom. The number of aryl methyl sites for hydroxylation is 1. The maximum atomic E-state index is 11.4. The van der Waals surface area contributed by atoms with E-state index in [4.69, 9.17) is 5.73 Å². The summed E-state index contributed by atoms with van der Waals surface area (Å²) in [4.78, 5) is 13.7. The van der Waals surface area contributed by atoms with Crippen molar-refractivity contribution in [2.75, 3.05) is 36.5 Å². The first-order valence-electron chi connectivity index (χ1n) is 7.67. The number of anilines is 3. The van der Waals surface area contributed by atoms with Gasteiger partial charge in [-0.05, 0) is 44.5 Å². The zero-order chi connectivity index (χ0) is 15.4. The lowest BCUT2D eigenvalue weighted by atomic mass is 10.0. The number of hydrogen-bond acceptors (Lipinski definition) is 4. The molecule has 1 aromatic carbocycles. The molecule has 0 spiro atoms. The van der Waals surface area contributed by atoms with Crippen LogP contribution >= 0.6 is 0 Å². The van der Waals surface area contributed by atoms with E-state index in [0.717, 1.165) is 42.9 Å². The van der Waals surface area contributed by atoms with Gasteiger partial charge >= 0.3 is 0 Å². The van der Waals surface area contributed by atoms with Gasteiger partial charge in [-0.25, -0.2) is 0 Å². The largest absolute Gasteiger partial charge is 0.397 e. The van der Waals surface area contributed by atoms with E-state index in [2.05, 4.69) is 42.5 Å². The minimum absolute atomic E-state index is 0.0674. The lowest BCUT2D eigenvalue weighted by molar-refractivity contribution is -0.116. The van der Waals surface area contributed by atoms with E-state index in [9.17, 15) is 4.79 Å². The highest BCUT2D eigenvalue weighted by molar-refractivity contribution is 5.95. The maximum Gasteiger partial charge on any atom is 0.224 e. The molecule has 1 unspecified atom stereocenters. The van der Waals surface area contributed by atoms with Crippen LogP contribution in [-0.2, 0) is 11.2 Å². The fourth-order valence-corrected chi connectivity index (χ4v) is 2.50. The van der Waals surface area contributed by atoms with Gasteiger partial charge in [-0.3, -0.25) is 4.79 Å². The number of carbonyl (C=O) groups excluding carboxylic acids is 1. The molecule has 0 aromatic heterocycles. The van der Waals surface area contributed by atoms with Crippen LogP contribution in [0.5, 0.6) is 0 Å². The van der Waals surface area contributed by atoms with Crippen molar-refractivity contribution in [2.45, 2.75) is 39.2 Å². The minimum Gasteiger partial charge on any atom is -0.397 e. The Bertz CT molecular complexity index is 515. The van der Waals surface area contributed by atoms with E-state index < -0.39 is 0 Å². The smallest absolute Gasteiger partial charge is 0.224 e. The Morgan fingerprint density at radius 1 is 1.43 bits per heavy atom. The Hall–Kier alpha value is -1.75. The quantitative estimate of drug-likeness (QED) is 0.703. The monoisotopic (exact) mass is 290 g/mol. The fourth-order valence-electron chi connectivity index (χ4n) is 2.50. The average Bonchev–Trinajstić information content (AvgIpc) is 2.46. The van der Waals surface area contributed by atoms with Crippen LogP contribution in [0.1, 0.15) is 32.3 Å². The number of likely N-dealkylation sites (N-methyl/N-ethyl adjacent to an activating group) is 1. The third-order valence-corrected chi connectivity index (χ3v) is 4.29. The molecule has 5 nitrogen and oxygen atoms in total. The van der Waals surface area contributed by atoms with E-state index >= 15 is 0 Å². The summed E-state index contributed by atoms with van der Waals surface area (Å²) >= 11 is 0. The van der Waals surface area contributed by atoms with Crippen LogP contribution in [0.4, 0.5) is 17.1 Å².